The van der Waals surface area contributed by atoms with E-state index in [-0.39, 0.29) is 23.8 Å². The van der Waals surface area contributed by atoms with E-state index in [1.807, 2.05) is 0 Å². The fraction of sp³-hybridized carbons (Fsp3) is 0.417. The minimum absolute atomic E-state index is 0.0529. The normalized spacial score (nSPS) is 9.60. The summed E-state index contributed by atoms with van der Waals surface area (Å²) in [6, 6.07) is 5.33. The molecule has 0 N–H and O–H groups in total. The van der Waals surface area contributed by atoms with Crippen molar-refractivity contribution in [3.8, 4) is 5.75 Å². The predicted octanol–water partition coefficient (Wildman–Crippen LogP) is 3.37. The van der Waals surface area contributed by atoms with Crippen LogP contribution in [0.25, 0.3) is 10.4 Å². The maximum Gasteiger partial charge on any atom is 0.311 e. The van der Waals surface area contributed by atoms with E-state index in [0.717, 1.165) is 12.8 Å². The number of carbonyl (C=O) groups excluding carboxylic acids is 1. The molecule has 0 aromatic heterocycles. The quantitative estimate of drug-likeness (QED) is 0.106. The van der Waals surface area contributed by atoms with Gasteiger partial charge in [0.25, 0.3) is 5.69 Å². The minimum atomic E-state index is -0.519. The van der Waals surface area contributed by atoms with Crippen LogP contribution in [0, 0.1) is 10.1 Å². The number of hydrogen-bond donors (Lipinski definition) is 0. The van der Waals surface area contributed by atoms with Gasteiger partial charge in [-0.2, -0.15) is 0 Å². The van der Waals surface area contributed by atoms with E-state index in [1.54, 1.807) is 0 Å². The van der Waals surface area contributed by atoms with Gasteiger partial charge in [-0.1, -0.05) is 11.5 Å². The Morgan fingerprint density at radius 1 is 1.30 bits per heavy atom. The molecule has 106 valence electrons. The van der Waals surface area contributed by atoms with Gasteiger partial charge in [-0.05, 0) is 30.5 Å². The summed E-state index contributed by atoms with van der Waals surface area (Å²) in [7, 11) is 0. The summed E-state index contributed by atoms with van der Waals surface area (Å²) >= 11 is 0. The molecule has 1 aromatic rings. The van der Waals surface area contributed by atoms with Gasteiger partial charge in [0.2, 0.25) is 0 Å². The molecule has 0 saturated carbocycles. The third-order valence-electron chi connectivity index (χ3n) is 2.48. The lowest BCUT2D eigenvalue weighted by molar-refractivity contribution is -0.384. The number of esters is 1. The highest BCUT2D eigenvalue weighted by Crippen LogP contribution is 2.18. The first kappa shape index (κ1) is 15.5. The van der Waals surface area contributed by atoms with Crippen molar-refractivity contribution in [2.75, 3.05) is 6.54 Å². The second-order valence-electron chi connectivity index (χ2n) is 3.99. The van der Waals surface area contributed by atoms with Crippen LogP contribution < -0.4 is 4.74 Å². The summed E-state index contributed by atoms with van der Waals surface area (Å²) in [4.78, 5) is 24.0. The number of nitro benzene ring substituents is 1. The lowest BCUT2D eigenvalue weighted by atomic mass is 10.2. The van der Waals surface area contributed by atoms with Gasteiger partial charge in [0.05, 0.1) is 4.92 Å². The molecule has 8 heteroatoms. The third kappa shape index (κ3) is 5.83. The number of azide groups is 1. The van der Waals surface area contributed by atoms with Gasteiger partial charge in [0, 0.05) is 30.0 Å². The zero-order chi connectivity index (χ0) is 14.8. The summed E-state index contributed by atoms with van der Waals surface area (Å²) < 4.78 is 5.03. The summed E-state index contributed by atoms with van der Waals surface area (Å²) in [5, 5.41) is 13.8. The lowest BCUT2D eigenvalue weighted by Gasteiger charge is -2.03. The van der Waals surface area contributed by atoms with E-state index in [9.17, 15) is 14.9 Å². The van der Waals surface area contributed by atoms with Crippen molar-refractivity contribution in [3.63, 3.8) is 0 Å². The van der Waals surface area contributed by atoms with E-state index in [1.165, 1.54) is 24.3 Å². The Balaban J connectivity index is 2.28. The molecule has 0 spiro atoms. The summed E-state index contributed by atoms with van der Waals surface area (Å²) in [5.74, 6) is -0.0997. The maximum absolute atomic E-state index is 11.5. The van der Waals surface area contributed by atoms with Gasteiger partial charge in [-0.25, -0.2) is 0 Å². The van der Waals surface area contributed by atoms with E-state index in [2.05, 4.69) is 10.0 Å². The van der Waals surface area contributed by atoms with E-state index >= 15 is 0 Å². The molecule has 0 bridgehead atoms. The first-order valence-electron chi connectivity index (χ1n) is 6.09. The average Bonchev–Trinajstić information content (AvgIpc) is 2.43. The molecule has 0 radical (unpaired) electrons. The number of carbonyl (C=O) groups is 1. The van der Waals surface area contributed by atoms with Crippen LogP contribution in [0.5, 0.6) is 5.75 Å². The Labute approximate surface area is 115 Å². The Morgan fingerprint density at radius 2 is 2.00 bits per heavy atom. The predicted molar refractivity (Wildman–Crippen MR) is 71.2 cm³/mol. The van der Waals surface area contributed by atoms with Crippen LogP contribution in [-0.4, -0.2) is 17.4 Å². The van der Waals surface area contributed by atoms with Crippen LogP contribution in [0.4, 0.5) is 5.69 Å². The number of rotatable bonds is 8. The van der Waals surface area contributed by atoms with Crippen molar-refractivity contribution in [1.82, 2.24) is 0 Å². The number of ether oxygens (including phenoxy) is 1. The van der Waals surface area contributed by atoms with E-state index in [4.69, 9.17) is 10.3 Å². The van der Waals surface area contributed by atoms with Crippen molar-refractivity contribution in [3.05, 3.63) is 44.8 Å². The van der Waals surface area contributed by atoms with Crippen LogP contribution in [-0.2, 0) is 4.79 Å². The number of non-ortho nitro benzene ring substituents is 1. The molecule has 1 aromatic carbocycles. The number of unbranched alkanes of at least 4 members (excludes halogenated alkanes) is 2. The molecule has 0 aliphatic heterocycles. The third-order valence-corrected chi connectivity index (χ3v) is 2.48. The minimum Gasteiger partial charge on any atom is -0.427 e. The second kappa shape index (κ2) is 8.49. The monoisotopic (exact) mass is 278 g/mol. The highest BCUT2D eigenvalue weighted by Gasteiger charge is 2.07. The van der Waals surface area contributed by atoms with Crippen LogP contribution >= 0.6 is 0 Å². The van der Waals surface area contributed by atoms with Gasteiger partial charge >= 0.3 is 5.97 Å². The van der Waals surface area contributed by atoms with Crippen LogP contribution in [0.1, 0.15) is 25.7 Å². The number of benzene rings is 1. The standard InChI is InChI=1S/C12H14N4O4/c13-15-14-9-3-1-2-4-12(17)20-11-7-5-10(6-8-11)16(18)19/h5-8H,1-4,9H2. The Morgan fingerprint density at radius 3 is 2.60 bits per heavy atom. The van der Waals surface area contributed by atoms with Crippen molar-refractivity contribution in [1.29, 1.82) is 0 Å². The number of nitro groups is 1. The molecule has 0 fully saturated rings. The van der Waals surface area contributed by atoms with Crippen LogP contribution in [0.3, 0.4) is 0 Å². The fourth-order valence-electron chi connectivity index (χ4n) is 1.49. The molecule has 0 amide bonds. The molecule has 0 unspecified atom stereocenters. The molecule has 0 aliphatic carbocycles. The van der Waals surface area contributed by atoms with Gasteiger partial charge in [0.15, 0.2) is 0 Å². The number of nitrogens with zero attached hydrogens (tertiary/aromatic N) is 4. The molecule has 0 atom stereocenters. The SMILES string of the molecule is [N-]=[N+]=NCCCCCC(=O)Oc1ccc([N+](=O)[O-])cc1. The maximum atomic E-state index is 11.5. The Hall–Kier alpha value is -2.60. The summed E-state index contributed by atoms with van der Waals surface area (Å²) in [6.45, 7) is 0.425. The molecule has 8 nitrogen and oxygen atoms in total. The van der Waals surface area contributed by atoms with Crippen molar-refractivity contribution >= 4 is 11.7 Å². The molecule has 0 saturated heterocycles. The molecule has 0 aliphatic rings. The Bertz CT molecular complexity index is 509. The second-order valence-corrected chi connectivity index (χ2v) is 3.99. The van der Waals surface area contributed by atoms with Crippen molar-refractivity contribution in [2.45, 2.75) is 25.7 Å². The van der Waals surface area contributed by atoms with Gasteiger partial charge < -0.3 is 4.74 Å². The summed E-state index contributed by atoms with van der Waals surface area (Å²) in [6.07, 6.45) is 2.41. The number of hydrogen-bond acceptors (Lipinski definition) is 5. The van der Waals surface area contributed by atoms with Crippen molar-refractivity contribution < 1.29 is 14.5 Å². The smallest absolute Gasteiger partial charge is 0.311 e. The molecule has 0 heterocycles. The van der Waals surface area contributed by atoms with Gasteiger partial charge in [-0.15, -0.1) is 0 Å². The van der Waals surface area contributed by atoms with Crippen LogP contribution in [0.2, 0.25) is 0 Å². The topological polar surface area (TPSA) is 118 Å². The average molecular weight is 278 g/mol. The van der Waals surface area contributed by atoms with E-state index < -0.39 is 4.92 Å². The van der Waals surface area contributed by atoms with Crippen LogP contribution in [0.15, 0.2) is 29.4 Å². The zero-order valence-electron chi connectivity index (χ0n) is 10.8. The first-order chi connectivity index (χ1) is 9.63. The van der Waals surface area contributed by atoms with Crippen molar-refractivity contribution in [2.24, 2.45) is 5.11 Å². The fourth-order valence-corrected chi connectivity index (χ4v) is 1.49. The van der Waals surface area contributed by atoms with Gasteiger partial charge in [-0.3, -0.25) is 14.9 Å². The highest BCUT2D eigenvalue weighted by atomic mass is 16.6. The summed E-state index contributed by atoms with van der Waals surface area (Å²) in [5.41, 5.74) is 8.02. The molecular formula is C12H14N4O4. The Kier molecular flexibility index (Phi) is 6.56. The molecular weight excluding hydrogens is 264 g/mol. The molecule has 20 heavy (non-hydrogen) atoms. The van der Waals surface area contributed by atoms with E-state index in [0.29, 0.717) is 13.0 Å². The van der Waals surface area contributed by atoms with Gasteiger partial charge in [0.1, 0.15) is 5.75 Å². The largest absolute Gasteiger partial charge is 0.427 e. The molecule has 1 rings (SSSR count). The first-order valence-corrected chi connectivity index (χ1v) is 6.09. The lowest BCUT2D eigenvalue weighted by Crippen LogP contribution is -2.07. The highest BCUT2D eigenvalue weighted by molar-refractivity contribution is 5.72. The zero-order valence-corrected chi connectivity index (χ0v) is 10.8.